The monoisotopic (exact) mass is 378 g/mol. The molecule has 0 aliphatic carbocycles. The number of amides is 3. The van der Waals surface area contributed by atoms with Crippen molar-refractivity contribution in [3.63, 3.8) is 0 Å². The topological polar surface area (TPSA) is 151 Å². The van der Waals surface area contributed by atoms with E-state index in [4.69, 9.17) is 5.73 Å². The molecule has 0 aliphatic rings. The molecule has 2 unspecified atom stereocenters. The predicted octanol–water partition coefficient (Wildman–Crippen LogP) is -0.986. The molecule has 148 valence electrons. The summed E-state index contributed by atoms with van der Waals surface area (Å²) in [5.41, 5.74) is 5.99. The van der Waals surface area contributed by atoms with Crippen molar-refractivity contribution >= 4 is 23.7 Å². The van der Waals surface area contributed by atoms with Crippen LogP contribution in [-0.4, -0.2) is 54.0 Å². The van der Waals surface area contributed by atoms with Crippen LogP contribution in [-0.2, 0) is 25.6 Å². The summed E-state index contributed by atoms with van der Waals surface area (Å²) in [5, 5.41) is 16.5. The van der Waals surface area contributed by atoms with Gasteiger partial charge in [0.25, 0.3) is 0 Å². The lowest BCUT2D eigenvalue weighted by atomic mass is 10.0. The van der Waals surface area contributed by atoms with Crippen LogP contribution in [0.1, 0.15) is 19.4 Å². The van der Waals surface area contributed by atoms with Crippen molar-refractivity contribution in [3.05, 3.63) is 35.9 Å². The van der Waals surface area contributed by atoms with Gasteiger partial charge in [0.15, 0.2) is 0 Å². The highest BCUT2D eigenvalue weighted by molar-refractivity contribution is 5.92. The Bertz CT molecular complexity index is 663. The van der Waals surface area contributed by atoms with Crippen LogP contribution in [0.25, 0.3) is 0 Å². The largest absolute Gasteiger partial charge is 0.480 e. The fourth-order valence-corrected chi connectivity index (χ4v) is 2.34. The lowest BCUT2D eigenvalue weighted by Gasteiger charge is -2.21. The van der Waals surface area contributed by atoms with Gasteiger partial charge in [-0.1, -0.05) is 44.2 Å². The van der Waals surface area contributed by atoms with Gasteiger partial charge in [0.2, 0.25) is 17.7 Å². The molecule has 0 heterocycles. The van der Waals surface area contributed by atoms with Gasteiger partial charge in [0.05, 0.1) is 13.1 Å². The van der Waals surface area contributed by atoms with Crippen molar-refractivity contribution < 1.29 is 24.3 Å². The fourth-order valence-electron chi connectivity index (χ4n) is 2.34. The van der Waals surface area contributed by atoms with E-state index in [1.807, 2.05) is 6.07 Å². The number of aliphatic carboxylic acids is 1. The highest BCUT2D eigenvalue weighted by atomic mass is 16.4. The minimum absolute atomic E-state index is 0.122. The van der Waals surface area contributed by atoms with Gasteiger partial charge >= 0.3 is 5.97 Å². The summed E-state index contributed by atoms with van der Waals surface area (Å²) in [6.07, 6.45) is 0.122. The number of hydrogen-bond donors (Lipinski definition) is 5. The summed E-state index contributed by atoms with van der Waals surface area (Å²) in [6, 6.07) is 6.93. The summed E-state index contributed by atoms with van der Waals surface area (Å²) < 4.78 is 0. The molecule has 0 saturated carbocycles. The summed E-state index contributed by atoms with van der Waals surface area (Å²) in [7, 11) is 0. The van der Waals surface area contributed by atoms with Gasteiger partial charge in [0, 0.05) is 6.42 Å². The molecule has 0 aliphatic heterocycles. The Morgan fingerprint density at radius 3 is 2.19 bits per heavy atom. The van der Waals surface area contributed by atoms with Crippen LogP contribution < -0.4 is 21.7 Å². The second kappa shape index (κ2) is 10.9. The number of carbonyl (C=O) groups excluding carboxylic acids is 3. The van der Waals surface area contributed by atoms with Crippen LogP contribution in [0.4, 0.5) is 0 Å². The van der Waals surface area contributed by atoms with E-state index in [2.05, 4.69) is 16.0 Å². The third-order valence-electron chi connectivity index (χ3n) is 3.79. The molecule has 2 atom stereocenters. The molecule has 9 heteroatoms. The standard InChI is InChI=1S/C18H26N4O5/c1-11(2)16(22-14(23)9-19)17(25)20-10-15(24)21-13(18(26)27)8-12-6-4-3-5-7-12/h3-7,11,13,16H,8-10,19H2,1-2H3,(H,20,25)(H,21,24)(H,22,23)(H,26,27). The summed E-state index contributed by atoms with van der Waals surface area (Å²) in [5.74, 6) is -3.06. The Hall–Kier alpha value is -2.94. The van der Waals surface area contributed by atoms with Crippen LogP contribution in [0.2, 0.25) is 0 Å². The molecule has 0 bridgehead atoms. The molecule has 1 rings (SSSR count). The number of carboxylic acid groups (broad SMARTS) is 1. The van der Waals surface area contributed by atoms with Crippen LogP contribution in [0.15, 0.2) is 30.3 Å². The molecule has 0 radical (unpaired) electrons. The highest BCUT2D eigenvalue weighted by Crippen LogP contribution is 2.04. The van der Waals surface area contributed by atoms with Crippen LogP contribution in [0, 0.1) is 5.92 Å². The first-order valence-electron chi connectivity index (χ1n) is 8.57. The summed E-state index contributed by atoms with van der Waals surface area (Å²) in [4.78, 5) is 47.0. The van der Waals surface area contributed by atoms with E-state index >= 15 is 0 Å². The Morgan fingerprint density at radius 2 is 1.67 bits per heavy atom. The normalized spacial score (nSPS) is 12.7. The quantitative estimate of drug-likeness (QED) is 0.353. The van der Waals surface area contributed by atoms with Gasteiger partial charge in [-0.3, -0.25) is 14.4 Å². The first-order chi connectivity index (χ1) is 12.7. The third kappa shape index (κ3) is 7.87. The van der Waals surface area contributed by atoms with E-state index in [9.17, 15) is 24.3 Å². The number of hydrogen-bond acceptors (Lipinski definition) is 5. The van der Waals surface area contributed by atoms with Gasteiger partial charge < -0.3 is 26.8 Å². The Morgan fingerprint density at radius 1 is 1.04 bits per heavy atom. The average Bonchev–Trinajstić information content (AvgIpc) is 2.63. The van der Waals surface area contributed by atoms with Crippen molar-refractivity contribution in [1.29, 1.82) is 0 Å². The zero-order valence-electron chi connectivity index (χ0n) is 15.4. The van der Waals surface area contributed by atoms with Crippen LogP contribution in [0.5, 0.6) is 0 Å². The Labute approximate surface area is 157 Å². The molecule has 3 amide bonds. The van der Waals surface area contributed by atoms with Gasteiger partial charge in [0.1, 0.15) is 12.1 Å². The number of carboxylic acids is 1. The number of benzene rings is 1. The Kier molecular flexibility index (Phi) is 8.94. The zero-order chi connectivity index (χ0) is 20.4. The van der Waals surface area contributed by atoms with Crippen molar-refractivity contribution in [3.8, 4) is 0 Å². The average molecular weight is 378 g/mol. The first-order valence-corrected chi connectivity index (χ1v) is 8.57. The molecule has 1 aromatic carbocycles. The molecule has 0 fully saturated rings. The zero-order valence-corrected chi connectivity index (χ0v) is 15.4. The molecule has 9 nitrogen and oxygen atoms in total. The van der Waals surface area contributed by atoms with Crippen molar-refractivity contribution in [2.75, 3.05) is 13.1 Å². The lowest BCUT2D eigenvalue weighted by molar-refractivity contribution is -0.141. The molecule has 0 saturated heterocycles. The van der Waals surface area contributed by atoms with Crippen molar-refractivity contribution in [1.82, 2.24) is 16.0 Å². The van der Waals surface area contributed by atoms with Crippen LogP contribution >= 0.6 is 0 Å². The Balaban J connectivity index is 2.59. The fraction of sp³-hybridized carbons (Fsp3) is 0.444. The molecular formula is C18H26N4O5. The summed E-state index contributed by atoms with van der Waals surface area (Å²) >= 11 is 0. The number of rotatable bonds is 10. The maximum atomic E-state index is 12.2. The minimum Gasteiger partial charge on any atom is -0.480 e. The molecule has 0 spiro atoms. The van der Waals surface area contributed by atoms with Crippen molar-refractivity contribution in [2.24, 2.45) is 11.7 Å². The highest BCUT2D eigenvalue weighted by Gasteiger charge is 2.25. The van der Waals surface area contributed by atoms with E-state index in [1.54, 1.807) is 38.1 Å². The smallest absolute Gasteiger partial charge is 0.326 e. The van der Waals surface area contributed by atoms with Gasteiger partial charge in [-0.2, -0.15) is 0 Å². The molecular weight excluding hydrogens is 352 g/mol. The summed E-state index contributed by atoms with van der Waals surface area (Å²) in [6.45, 7) is 2.82. The van der Waals surface area contributed by atoms with E-state index in [-0.39, 0.29) is 18.9 Å². The number of nitrogens with one attached hydrogen (secondary N) is 3. The van der Waals surface area contributed by atoms with Crippen LogP contribution in [0.3, 0.4) is 0 Å². The second-order valence-corrected chi connectivity index (χ2v) is 6.36. The van der Waals surface area contributed by atoms with E-state index < -0.39 is 42.3 Å². The molecule has 0 aromatic heterocycles. The van der Waals surface area contributed by atoms with Gasteiger partial charge in [-0.15, -0.1) is 0 Å². The maximum absolute atomic E-state index is 12.2. The molecule has 6 N–H and O–H groups in total. The molecule has 1 aromatic rings. The maximum Gasteiger partial charge on any atom is 0.326 e. The third-order valence-corrected chi connectivity index (χ3v) is 3.79. The predicted molar refractivity (Wildman–Crippen MR) is 98.5 cm³/mol. The minimum atomic E-state index is -1.17. The first kappa shape index (κ1) is 22.1. The van der Waals surface area contributed by atoms with Crippen molar-refractivity contribution in [2.45, 2.75) is 32.4 Å². The van der Waals surface area contributed by atoms with E-state index in [0.29, 0.717) is 0 Å². The lowest BCUT2D eigenvalue weighted by Crippen LogP contribution is -2.53. The van der Waals surface area contributed by atoms with E-state index in [0.717, 1.165) is 5.56 Å². The SMILES string of the molecule is CC(C)C(NC(=O)CN)C(=O)NCC(=O)NC(Cc1ccccc1)C(=O)O. The molecule has 27 heavy (non-hydrogen) atoms. The number of carbonyl (C=O) groups is 4. The second-order valence-electron chi connectivity index (χ2n) is 6.36. The van der Waals surface area contributed by atoms with E-state index in [1.165, 1.54) is 0 Å². The van der Waals surface area contributed by atoms with Gasteiger partial charge in [-0.05, 0) is 11.5 Å². The number of nitrogens with two attached hydrogens (primary N) is 1. The van der Waals surface area contributed by atoms with Gasteiger partial charge in [-0.25, -0.2) is 4.79 Å².